The van der Waals surface area contributed by atoms with Crippen molar-refractivity contribution in [1.29, 1.82) is 0 Å². The summed E-state index contributed by atoms with van der Waals surface area (Å²) in [6, 6.07) is 7.06. The summed E-state index contributed by atoms with van der Waals surface area (Å²) < 4.78 is 5.66. The first-order chi connectivity index (χ1) is 8.06. The molecule has 0 saturated heterocycles. The van der Waals surface area contributed by atoms with Gasteiger partial charge in [0.25, 0.3) is 0 Å². The van der Waals surface area contributed by atoms with Gasteiger partial charge in [-0.3, -0.25) is 9.59 Å². The minimum Gasteiger partial charge on any atom is -0.384 e. The minimum atomic E-state index is -0.612. The molecular formula is C13H15BrO3. The van der Waals surface area contributed by atoms with E-state index in [9.17, 15) is 9.59 Å². The Kier molecular flexibility index (Phi) is 5.51. The van der Waals surface area contributed by atoms with Crippen LogP contribution in [0.1, 0.15) is 23.7 Å². The zero-order valence-corrected chi connectivity index (χ0v) is 11.5. The van der Waals surface area contributed by atoms with Crippen molar-refractivity contribution in [2.45, 2.75) is 13.3 Å². The largest absolute Gasteiger partial charge is 0.384 e. The summed E-state index contributed by atoms with van der Waals surface area (Å²) in [6.07, 6.45) is 0.275. The molecule has 0 aromatic heterocycles. The molecule has 0 bridgehead atoms. The summed E-state index contributed by atoms with van der Waals surface area (Å²) in [6.45, 7) is 2.00. The average molecular weight is 299 g/mol. The van der Waals surface area contributed by atoms with Gasteiger partial charge in [-0.2, -0.15) is 0 Å². The Balaban J connectivity index is 2.72. The third kappa shape index (κ3) is 4.06. The van der Waals surface area contributed by atoms with E-state index in [1.165, 1.54) is 7.11 Å². The zero-order valence-electron chi connectivity index (χ0n) is 9.90. The Bertz CT molecular complexity index is 415. The number of carbonyl (C=O) groups is 2. The van der Waals surface area contributed by atoms with Crippen LogP contribution in [0.25, 0.3) is 0 Å². The molecule has 0 N–H and O–H groups in total. The summed E-state index contributed by atoms with van der Waals surface area (Å²) in [7, 11) is 1.54. The molecular weight excluding hydrogens is 284 g/mol. The number of carbonyl (C=O) groups excluding carboxylic acids is 2. The Morgan fingerprint density at radius 2 is 2.12 bits per heavy atom. The van der Waals surface area contributed by atoms with Crippen molar-refractivity contribution < 1.29 is 14.3 Å². The molecule has 0 aliphatic heterocycles. The molecule has 0 saturated carbocycles. The van der Waals surface area contributed by atoms with Gasteiger partial charge in [0.1, 0.15) is 5.78 Å². The fraction of sp³-hybridized carbons (Fsp3) is 0.385. The average Bonchev–Trinajstić information content (AvgIpc) is 2.34. The van der Waals surface area contributed by atoms with E-state index in [2.05, 4.69) is 15.9 Å². The van der Waals surface area contributed by atoms with Crippen molar-refractivity contribution in [2.24, 2.45) is 5.92 Å². The Morgan fingerprint density at radius 1 is 1.41 bits per heavy atom. The van der Waals surface area contributed by atoms with Gasteiger partial charge in [-0.1, -0.05) is 28.1 Å². The number of hydrogen-bond donors (Lipinski definition) is 0. The second-order valence-corrected chi connectivity index (χ2v) is 4.72. The number of ketones is 2. The van der Waals surface area contributed by atoms with Crippen molar-refractivity contribution in [3.8, 4) is 0 Å². The SMILES string of the molecule is COCCC(=O)C(C)C(=O)c1cccc(Br)c1. The van der Waals surface area contributed by atoms with E-state index in [0.717, 1.165) is 4.47 Å². The number of halogens is 1. The molecule has 0 heterocycles. The van der Waals surface area contributed by atoms with E-state index in [4.69, 9.17) is 4.74 Å². The molecule has 1 rings (SSSR count). The molecule has 1 unspecified atom stereocenters. The minimum absolute atomic E-state index is 0.0863. The van der Waals surface area contributed by atoms with Crippen molar-refractivity contribution in [1.82, 2.24) is 0 Å². The first-order valence-electron chi connectivity index (χ1n) is 5.37. The highest BCUT2D eigenvalue weighted by atomic mass is 79.9. The van der Waals surface area contributed by atoms with Gasteiger partial charge in [0, 0.05) is 23.6 Å². The molecule has 1 aromatic rings. The lowest BCUT2D eigenvalue weighted by atomic mass is 9.94. The number of rotatable bonds is 6. The molecule has 0 spiro atoms. The van der Waals surface area contributed by atoms with Crippen LogP contribution in [0.2, 0.25) is 0 Å². The van der Waals surface area contributed by atoms with Gasteiger partial charge in [0.2, 0.25) is 0 Å². The molecule has 1 atom stereocenters. The topological polar surface area (TPSA) is 43.4 Å². The van der Waals surface area contributed by atoms with Gasteiger partial charge >= 0.3 is 0 Å². The first-order valence-corrected chi connectivity index (χ1v) is 6.17. The van der Waals surface area contributed by atoms with Crippen LogP contribution in [0.4, 0.5) is 0 Å². The third-order valence-electron chi connectivity index (χ3n) is 2.54. The number of benzene rings is 1. The van der Waals surface area contributed by atoms with Crippen LogP contribution in [-0.2, 0) is 9.53 Å². The normalized spacial score (nSPS) is 12.2. The van der Waals surface area contributed by atoms with Crippen LogP contribution in [-0.4, -0.2) is 25.3 Å². The zero-order chi connectivity index (χ0) is 12.8. The number of methoxy groups -OCH3 is 1. The van der Waals surface area contributed by atoms with Gasteiger partial charge in [-0.25, -0.2) is 0 Å². The van der Waals surface area contributed by atoms with E-state index in [1.807, 2.05) is 6.07 Å². The van der Waals surface area contributed by atoms with Gasteiger partial charge in [0.15, 0.2) is 5.78 Å². The summed E-state index contributed by atoms with van der Waals surface area (Å²) in [4.78, 5) is 23.7. The molecule has 4 heteroatoms. The monoisotopic (exact) mass is 298 g/mol. The Labute approximate surface area is 109 Å². The first kappa shape index (κ1) is 14.1. The van der Waals surface area contributed by atoms with Crippen LogP contribution in [0.15, 0.2) is 28.7 Å². The highest BCUT2D eigenvalue weighted by Crippen LogP contribution is 2.16. The van der Waals surface area contributed by atoms with E-state index in [-0.39, 0.29) is 18.0 Å². The van der Waals surface area contributed by atoms with Crippen LogP contribution < -0.4 is 0 Å². The summed E-state index contributed by atoms with van der Waals surface area (Å²) in [5.74, 6) is -0.844. The van der Waals surface area contributed by atoms with Crippen molar-refractivity contribution in [3.05, 3.63) is 34.3 Å². The maximum Gasteiger partial charge on any atom is 0.173 e. The lowest BCUT2D eigenvalue weighted by Gasteiger charge is -2.09. The predicted octanol–water partition coefficient (Wildman–Crippen LogP) is 2.87. The molecule has 1 aromatic carbocycles. The summed E-state index contributed by atoms with van der Waals surface area (Å²) in [5.41, 5.74) is 0.553. The van der Waals surface area contributed by atoms with Crippen molar-refractivity contribution >= 4 is 27.5 Å². The van der Waals surface area contributed by atoms with Crippen LogP contribution >= 0.6 is 15.9 Å². The van der Waals surface area contributed by atoms with Crippen molar-refractivity contribution in [2.75, 3.05) is 13.7 Å². The lowest BCUT2D eigenvalue weighted by Crippen LogP contribution is -2.22. The van der Waals surface area contributed by atoms with Crippen LogP contribution in [0, 0.1) is 5.92 Å². The maximum atomic E-state index is 12.0. The van der Waals surface area contributed by atoms with Gasteiger partial charge in [-0.05, 0) is 19.1 Å². The Hall–Kier alpha value is -1.000. The molecule has 0 amide bonds. The van der Waals surface area contributed by atoms with E-state index in [0.29, 0.717) is 12.2 Å². The fourth-order valence-corrected chi connectivity index (χ4v) is 1.86. The fourth-order valence-electron chi connectivity index (χ4n) is 1.46. The van der Waals surface area contributed by atoms with Crippen LogP contribution in [0.3, 0.4) is 0 Å². The highest BCUT2D eigenvalue weighted by Gasteiger charge is 2.22. The quantitative estimate of drug-likeness (QED) is 0.599. The van der Waals surface area contributed by atoms with Crippen molar-refractivity contribution in [3.63, 3.8) is 0 Å². The summed E-state index contributed by atoms with van der Waals surface area (Å²) in [5, 5.41) is 0. The summed E-state index contributed by atoms with van der Waals surface area (Å²) >= 11 is 3.30. The maximum absolute atomic E-state index is 12.0. The molecule has 92 valence electrons. The second-order valence-electron chi connectivity index (χ2n) is 3.81. The Morgan fingerprint density at radius 3 is 2.71 bits per heavy atom. The number of ether oxygens (including phenoxy) is 1. The molecule has 3 nitrogen and oxygen atoms in total. The molecule has 0 radical (unpaired) electrons. The van der Waals surface area contributed by atoms with E-state index >= 15 is 0 Å². The molecule has 0 aliphatic rings. The van der Waals surface area contributed by atoms with E-state index in [1.54, 1.807) is 25.1 Å². The second kappa shape index (κ2) is 6.67. The lowest BCUT2D eigenvalue weighted by molar-refractivity contribution is -0.121. The molecule has 0 aliphatic carbocycles. The van der Waals surface area contributed by atoms with E-state index < -0.39 is 5.92 Å². The van der Waals surface area contributed by atoms with Gasteiger partial charge in [0.05, 0.1) is 12.5 Å². The standard InChI is InChI=1S/C13H15BrO3/c1-9(12(15)6-7-17-2)13(16)10-4-3-5-11(14)8-10/h3-5,8-9H,6-7H2,1-2H3. The van der Waals surface area contributed by atoms with Crippen LogP contribution in [0.5, 0.6) is 0 Å². The van der Waals surface area contributed by atoms with Gasteiger partial charge < -0.3 is 4.74 Å². The smallest absolute Gasteiger partial charge is 0.173 e. The van der Waals surface area contributed by atoms with Gasteiger partial charge in [-0.15, -0.1) is 0 Å². The molecule has 17 heavy (non-hydrogen) atoms. The predicted molar refractivity (Wildman–Crippen MR) is 69.1 cm³/mol. The number of Topliss-reactive ketones (excluding diaryl/α,β-unsaturated/α-hetero) is 2. The third-order valence-corrected chi connectivity index (χ3v) is 3.03. The molecule has 0 fully saturated rings. The highest BCUT2D eigenvalue weighted by molar-refractivity contribution is 9.10. The number of hydrogen-bond acceptors (Lipinski definition) is 3.